The predicted molar refractivity (Wildman–Crippen MR) is 145 cm³/mol. The number of aromatic nitrogens is 2. The van der Waals surface area contributed by atoms with Gasteiger partial charge in [-0.05, 0) is 61.1 Å². The van der Waals surface area contributed by atoms with Crippen LogP contribution in [0.25, 0.3) is 10.2 Å². The van der Waals surface area contributed by atoms with Gasteiger partial charge >= 0.3 is 0 Å². The summed E-state index contributed by atoms with van der Waals surface area (Å²) in [6, 6.07) is 10.2. The van der Waals surface area contributed by atoms with Gasteiger partial charge in [0.25, 0.3) is 11.5 Å². The van der Waals surface area contributed by atoms with Crippen molar-refractivity contribution in [1.82, 2.24) is 20.6 Å². The monoisotopic (exact) mass is 540 g/mol. The smallest absolute Gasteiger partial charge is 0.287 e. The minimum Gasteiger partial charge on any atom is -0.390 e. The van der Waals surface area contributed by atoms with Crippen molar-refractivity contribution in [3.05, 3.63) is 97.4 Å². The molecule has 0 saturated carbocycles. The van der Waals surface area contributed by atoms with Crippen LogP contribution in [-0.2, 0) is 19.4 Å². The van der Waals surface area contributed by atoms with Gasteiger partial charge in [-0.2, -0.15) is 0 Å². The summed E-state index contributed by atoms with van der Waals surface area (Å²) >= 11 is 1.31. The Bertz CT molecular complexity index is 1500. The van der Waals surface area contributed by atoms with Crippen molar-refractivity contribution in [2.24, 2.45) is 0 Å². The van der Waals surface area contributed by atoms with E-state index in [0.717, 1.165) is 40.6 Å². The van der Waals surface area contributed by atoms with Gasteiger partial charge in [-0.15, -0.1) is 11.3 Å². The lowest BCUT2D eigenvalue weighted by Gasteiger charge is -2.25. The van der Waals surface area contributed by atoms with Gasteiger partial charge in [-0.3, -0.25) is 9.59 Å². The van der Waals surface area contributed by atoms with Crippen molar-refractivity contribution in [2.75, 3.05) is 6.54 Å². The van der Waals surface area contributed by atoms with Crippen LogP contribution in [0.2, 0.25) is 0 Å². The number of hydrogen-bond acceptors (Lipinski definition) is 6. The number of rotatable bonds is 10. The summed E-state index contributed by atoms with van der Waals surface area (Å²) in [6.07, 6.45) is -0.249. The molecule has 7 nitrogen and oxygen atoms in total. The second kappa shape index (κ2) is 11.9. The Labute approximate surface area is 223 Å². The summed E-state index contributed by atoms with van der Waals surface area (Å²) in [6.45, 7) is 6.35. The molecule has 38 heavy (non-hydrogen) atoms. The van der Waals surface area contributed by atoms with E-state index < -0.39 is 35.2 Å². The molecule has 4 rings (SSSR count). The van der Waals surface area contributed by atoms with Crippen molar-refractivity contribution in [2.45, 2.75) is 52.3 Å². The molecule has 0 aliphatic rings. The normalized spacial score (nSPS) is 13.0. The number of nitrogens with zero attached hydrogens (tertiary/aromatic N) is 1. The predicted octanol–water partition coefficient (Wildman–Crippen LogP) is 3.93. The molecular weight excluding hydrogens is 510 g/mol. The van der Waals surface area contributed by atoms with Crippen LogP contribution in [0.1, 0.15) is 44.7 Å². The number of H-pyrrole nitrogens is 1. The van der Waals surface area contributed by atoms with Crippen molar-refractivity contribution in [1.29, 1.82) is 0 Å². The lowest BCUT2D eigenvalue weighted by atomic mass is 10.0. The second-order valence-corrected chi connectivity index (χ2v) is 10.5. The first-order chi connectivity index (χ1) is 18.1. The van der Waals surface area contributed by atoms with Crippen molar-refractivity contribution >= 4 is 27.5 Å². The van der Waals surface area contributed by atoms with Gasteiger partial charge in [0, 0.05) is 24.0 Å². The molecule has 0 unspecified atom stereocenters. The summed E-state index contributed by atoms with van der Waals surface area (Å²) in [5, 5.41) is 17.3. The van der Waals surface area contributed by atoms with Crippen molar-refractivity contribution < 1.29 is 18.7 Å². The van der Waals surface area contributed by atoms with Crippen LogP contribution in [0.3, 0.4) is 0 Å². The molecule has 2 atom stereocenters. The van der Waals surface area contributed by atoms with E-state index in [9.17, 15) is 23.5 Å². The minimum absolute atomic E-state index is 0.0434. The third kappa shape index (κ3) is 6.50. The number of fused-ring (bicyclic) bond motifs is 1. The average Bonchev–Trinajstić information content (AvgIpc) is 3.16. The van der Waals surface area contributed by atoms with Crippen molar-refractivity contribution in [3.8, 4) is 0 Å². The highest BCUT2D eigenvalue weighted by Crippen LogP contribution is 2.25. The van der Waals surface area contributed by atoms with Crippen LogP contribution in [0.4, 0.5) is 8.78 Å². The molecule has 2 aromatic heterocycles. The van der Waals surface area contributed by atoms with Crippen LogP contribution in [0.5, 0.6) is 0 Å². The molecule has 0 fully saturated rings. The lowest BCUT2D eigenvalue weighted by Crippen LogP contribution is -2.49. The standard InChI is InChI=1S/C28H30F2N4O3S/c1-4-17-6-5-7-18(8-17)13-31-14-23(35)22(11-19-9-20(29)12-21(30)10-19)32-27(37)25-33-26(36)24-15(2)16(3)38-28(24)34-25/h5-10,12,22-23,31,35H,4,11,13-14H2,1-3H3,(H,32,37)(H,33,34,36)/t22-,23+/m0/s1. The molecular formula is C28H30F2N4O3S. The highest BCUT2D eigenvalue weighted by Gasteiger charge is 2.25. The lowest BCUT2D eigenvalue weighted by molar-refractivity contribution is 0.0820. The summed E-state index contributed by atoms with van der Waals surface area (Å²) in [7, 11) is 0. The number of aryl methyl sites for hydroxylation is 3. The molecule has 0 aliphatic carbocycles. The molecule has 0 saturated heterocycles. The fraction of sp³-hybridized carbons (Fsp3) is 0.321. The first-order valence-corrected chi connectivity index (χ1v) is 13.2. The first kappa shape index (κ1) is 27.6. The van der Waals surface area contributed by atoms with E-state index in [2.05, 4.69) is 33.6 Å². The van der Waals surface area contributed by atoms with Gasteiger partial charge in [0.1, 0.15) is 16.5 Å². The third-order valence-electron chi connectivity index (χ3n) is 6.50. The van der Waals surface area contributed by atoms with E-state index in [1.54, 1.807) is 0 Å². The topological polar surface area (TPSA) is 107 Å². The number of benzene rings is 2. The number of nitrogens with one attached hydrogen (secondary N) is 3. The van der Waals surface area contributed by atoms with Gasteiger partial charge in [0.05, 0.1) is 17.5 Å². The zero-order valence-corrected chi connectivity index (χ0v) is 22.2. The zero-order chi connectivity index (χ0) is 27.4. The van der Waals surface area contributed by atoms with Crippen LogP contribution in [-0.4, -0.2) is 39.7 Å². The Morgan fingerprint density at radius 1 is 1.11 bits per heavy atom. The Morgan fingerprint density at radius 3 is 2.53 bits per heavy atom. The van der Waals surface area contributed by atoms with Crippen LogP contribution in [0.15, 0.2) is 47.3 Å². The summed E-state index contributed by atoms with van der Waals surface area (Å²) in [4.78, 5) is 33.9. The fourth-order valence-corrected chi connectivity index (χ4v) is 5.36. The molecule has 0 aliphatic heterocycles. The number of amides is 1. The molecule has 1 amide bonds. The van der Waals surface area contributed by atoms with E-state index >= 15 is 0 Å². The number of carbonyl (C=O) groups excluding carboxylic acids is 1. The first-order valence-electron chi connectivity index (χ1n) is 12.4. The van der Waals surface area contributed by atoms with E-state index in [1.165, 1.54) is 16.9 Å². The maximum absolute atomic E-state index is 13.8. The number of carbonyl (C=O) groups is 1. The summed E-state index contributed by atoms with van der Waals surface area (Å²) in [5.41, 5.74) is 2.88. The van der Waals surface area contributed by atoms with Gasteiger partial charge in [0.2, 0.25) is 5.82 Å². The SMILES string of the molecule is CCc1cccc(CNC[C@@H](O)[C@H](Cc2cc(F)cc(F)c2)NC(=O)c2nc3sc(C)c(C)c3c(=O)[nH]2)c1. The van der Waals surface area contributed by atoms with Gasteiger partial charge in [-0.25, -0.2) is 13.8 Å². The highest BCUT2D eigenvalue weighted by atomic mass is 32.1. The molecule has 2 heterocycles. The van der Waals surface area contributed by atoms with E-state index in [0.29, 0.717) is 16.8 Å². The Balaban J connectivity index is 1.53. The molecule has 200 valence electrons. The van der Waals surface area contributed by atoms with Crippen LogP contribution in [0, 0.1) is 25.5 Å². The second-order valence-electron chi connectivity index (χ2n) is 9.31. The van der Waals surface area contributed by atoms with E-state index in [4.69, 9.17) is 0 Å². The maximum atomic E-state index is 13.8. The van der Waals surface area contributed by atoms with Gasteiger partial charge in [0.15, 0.2) is 0 Å². The quantitative estimate of drug-likeness (QED) is 0.244. The van der Waals surface area contributed by atoms with E-state index in [-0.39, 0.29) is 24.4 Å². The van der Waals surface area contributed by atoms with Crippen molar-refractivity contribution in [3.63, 3.8) is 0 Å². The summed E-state index contributed by atoms with van der Waals surface area (Å²) < 4.78 is 27.7. The number of aliphatic hydroxyl groups excluding tert-OH is 1. The molecule has 4 aromatic rings. The minimum atomic E-state index is -1.11. The number of aromatic amines is 1. The van der Waals surface area contributed by atoms with Crippen LogP contribution >= 0.6 is 11.3 Å². The van der Waals surface area contributed by atoms with E-state index in [1.807, 2.05) is 32.0 Å². The van der Waals surface area contributed by atoms with Gasteiger partial charge in [-0.1, -0.05) is 31.2 Å². The molecule has 10 heteroatoms. The Kier molecular flexibility index (Phi) is 8.65. The average molecular weight is 541 g/mol. The van der Waals surface area contributed by atoms with Crippen LogP contribution < -0.4 is 16.2 Å². The number of thiophene rings is 1. The zero-order valence-electron chi connectivity index (χ0n) is 21.4. The summed E-state index contributed by atoms with van der Waals surface area (Å²) in [5.74, 6) is -2.42. The fourth-order valence-electron chi connectivity index (χ4n) is 4.33. The number of aliphatic hydroxyl groups is 1. The highest BCUT2D eigenvalue weighted by molar-refractivity contribution is 7.18. The maximum Gasteiger partial charge on any atom is 0.287 e. The molecule has 0 bridgehead atoms. The molecule has 0 spiro atoms. The number of hydrogen-bond donors (Lipinski definition) is 4. The molecule has 0 radical (unpaired) electrons. The van der Waals surface area contributed by atoms with Gasteiger partial charge < -0.3 is 20.7 Å². The third-order valence-corrected chi connectivity index (χ3v) is 7.60. The largest absolute Gasteiger partial charge is 0.390 e. The number of halogens is 2. The molecule has 4 N–H and O–H groups in total. The Morgan fingerprint density at radius 2 is 1.82 bits per heavy atom. The Hall–Kier alpha value is -3.47. The molecule has 2 aromatic carbocycles.